The fraction of sp³-hybridized carbons (Fsp3) is 0.364. The van der Waals surface area contributed by atoms with E-state index in [9.17, 15) is 13.2 Å². The molecule has 1 aromatic carbocycles. The van der Waals surface area contributed by atoms with Crippen molar-refractivity contribution in [1.29, 1.82) is 0 Å². The third-order valence-electron chi connectivity index (χ3n) is 2.63. The van der Waals surface area contributed by atoms with Crippen molar-refractivity contribution >= 4 is 21.1 Å². The van der Waals surface area contributed by atoms with Crippen LogP contribution in [0.25, 0.3) is 11.1 Å². The van der Waals surface area contributed by atoms with E-state index >= 15 is 0 Å². The Kier molecular flexibility index (Phi) is 3.27. The zero-order chi connectivity index (χ0) is 13.3. The van der Waals surface area contributed by atoms with Crippen LogP contribution in [0.5, 0.6) is 0 Å². The number of aryl methyl sites for hydroxylation is 1. The maximum Gasteiger partial charge on any atom is 0.419 e. The number of benzene rings is 1. The number of nitrogens with one attached hydrogen (secondary N) is 1. The molecule has 0 saturated carbocycles. The van der Waals surface area contributed by atoms with Gasteiger partial charge < -0.3 is 4.42 Å². The Bertz CT molecular complexity index is 727. The Labute approximate surface area is 104 Å². The van der Waals surface area contributed by atoms with Crippen molar-refractivity contribution in [3.8, 4) is 0 Å². The zero-order valence-electron chi connectivity index (χ0n) is 10.1. The number of oxazole rings is 1. The first-order valence-corrected chi connectivity index (χ1v) is 7.29. The molecule has 6 nitrogen and oxygen atoms in total. The Morgan fingerprint density at radius 2 is 2.11 bits per heavy atom. The van der Waals surface area contributed by atoms with Crippen LogP contribution in [0.15, 0.2) is 27.4 Å². The minimum absolute atomic E-state index is 0.321. The summed E-state index contributed by atoms with van der Waals surface area (Å²) in [5.41, 5.74) is 2.15. The molecule has 0 aliphatic rings. The zero-order valence-corrected chi connectivity index (χ0v) is 11.0. The summed E-state index contributed by atoms with van der Waals surface area (Å²) in [6, 6.07) is 5.39. The molecule has 1 N–H and O–H groups in total. The first kappa shape index (κ1) is 12.8. The van der Waals surface area contributed by atoms with Gasteiger partial charge in [0.25, 0.3) is 0 Å². The molecule has 1 heterocycles. The van der Waals surface area contributed by atoms with E-state index < -0.39 is 15.8 Å². The SMILES string of the molecule is Cn1c(=O)oc2cc(CCNS(C)(=O)=O)ccc21. The third-order valence-corrected chi connectivity index (χ3v) is 3.36. The monoisotopic (exact) mass is 270 g/mol. The van der Waals surface area contributed by atoms with Gasteiger partial charge in [-0.3, -0.25) is 4.57 Å². The lowest BCUT2D eigenvalue weighted by atomic mass is 10.1. The van der Waals surface area contributed by atoms with Crippen molar-refractivity contribution < 1.29 is 12.8 Å². The summed E-state index contributed by atoms with van der Waals surface area (Å²) in [6.45, 7) is 0.321. The fourth-order valence-electron chi connectivity index (χ4n) is 1.71. The molecule has 0 atom stereocenters. The maximum atomic E-state index is 11.3. The molecule has 0 aliphatic carbocycles. The van der Waals surface area contributed by atoms with E-state index in [2.05, 4.69) is 4.72 Å². The summed E-state index contributed by atoms with van der Waals surface area (Å²) < 4.78 is 30.7. The molecule has 0 unspecified atom stereocenters. The van der Waals surface area contributed by atoms with Gasteiger partial charge in [-0.2, -0.15) is 0 Å². The number of fused-ring (bicyclic) bond motifs is 1. The van der Waals surface area contributed by atoms with Crippen LogP contribution in [0.2, 0.25) is 0 Å². The van der Waals surface area contributed by atoms with Crippen molar-refractivity contribution in [3.05, 3.63) is 34.3 Å². The summed E-state index contributed by atoms with van der Waals surface area (Å²) in [5, 5.41) is 0. The molecule has 0 saturated heterocycles. The van der Waals surface area contributed by atoms with E-state index in [1.165, 1.54) is 4.57 Å². The van der Waals surface area contributed by atoms with E-state index in [4.69, 9.17) is 4.42 Å². The second-order valence-corrected chi connectivity index (χ2v) is 5.98. The standard InChI is InChI=1S/C11H14N2O4S/c1-13-9-4-3-8(5-6-12-18(2,15)16)7-10(9)17-11(13)14/h3-4,7,12H,5-6H2,1-2H3. The summed E-state index contributed by atoms with van der Waals surface area (Å²) in [5.74, 6) is -0.406. The van der Waals surface area contributed by atoms with Crippen LogP contribution < -0.4 is 10.5 Å². The average Bonchev–Trinajstić information content (AvgIpc) is 2.53. The molecule has 7 heteroatoms. The highest BCUT2D eigenvalue weighted by Gasteiger charge is 2.06. The van der Waals surface area contributed by atoms with Gasteiger partial charge in [-0.1, -0.05) is 6.07 Å². The number of sulfonamides is 1. The van der Waals surface area contributed by atoms with Gasteiger partial charge in [0, 0.05) is 13.6 Å². The lowest BCUT2D eigenvalue weighted by Gasteiger charge is -2.02. The highest BCUT2D eigenvalue weighted by Crippen LogP contribution is 2.14. The van der Waals surface area contributed by atoms with Crippen molar-refractivity contribution in [2.75, 3.05) is 12.8 Å². The van der Waals surface area contributed by atoms with Crippen molar-refractivity contribution in [1.82, 2.24) is 9.29 Å². The van der Waals surface area contributed by atoms with Crippen LogP contribution in [-0.2, 0) is 23.5 Å². The highest BCUT2D eigenvalue weighted by molar-refractivity contribution is 7.88. The summed E-state index contributed by atoms with van der Waals surface area (Å²) >= 11 is 0. The second-order valence-electron chi connectivity index (χ2n) is 4.15. The number of hydrogen-bond donors (Lipinski definition) is 1. The Morgan fingerprint density at radius 3 is 2.78 bits per heavy atom. The van der Waals surface area contributed by atoms with Crippen molar-refractivity contribution in [2.45, 2.75) is 6.42 Å². The molecule has 0 amide bonds. The number of aromatic nitrogens is 1. The summed E-state index contributed by atoms with van der Waals surface area (Å²) in [4.78, 5) is 11.3. The minimum Gasteiger partial charge on any atom is -0.408 e. The molecular formula is C11H14N2O4S. The predicted octanol–water partition coefficient (Wildman–Crippen LogP) is 0.223. The Morgan fingerprint density at radius 1 is 1.39 bits per heavy atom. The molecule has 0 spiro atoms. The van der Waals surface area contributed by atoms with Crippen molar-refractivity contribution in [3.63, 3.8) is 0 Å². The number of rotatable bonds is 4. The third kappa shape index (κ3) is 2.80. The predicted molar refractivity (Wildman–Crippen MR) is 68.0 cm³/mol. The first-order valence-electron chi connectivity index (χ1n) is 5.40. The molecule has 0 radical (unpaired) electrons. The van der Waals surface area contributed by atoms with Crippen molar-refractivity contribution in [2.24, 2.45) is 7.05 Å². The lowest BCUT2D eigenvalue weighted by Crippen LogP contribution is -2.24. The van der Waals surface area contributed by atoms with Gasteiger partial charge in [-0.25, -0.2) is 17.9 Å². The van der Waals surface area contributed by atoms with Gasteiger partial charge in [0.2, 0.25) is 10.0 Å². The van der Waals surface area contributed by atoms with Gasteiger partial charge in [0.1, 0.15) is 0 Å². The fourth-order valence-corrected chi connectivity index (χ4v) is 2.19. The average molecular weight is 270 g/mol. The maximum absolute atomic E-state index is 11.3. The molecule has 0 bridgehead atoms. The smallest absolute Gasteiger partial charge is 0.408 e. The van der Waals surface area contributed by atoms with E-state index in [1.54, 1.807) is 19.2 Å². The highest BCUT2D eigenvalue weighted by atomic mass is 32.2. The molecule has 2 aromatic rings. The van der Waals surface area contributed by atoms with E-state index in [0.29, 0.717) is 18.5 Å². The molecule has 0 aliphatic heterocycles. The van der Waals surface area contributed by atoms with Gasteiger partial charge >= 0.3 is 5.76 Å². The van der Waals surface area contributed by atoms with Gasteiger partial charge in [-0.15, -0.1) is 0 Å². The number of hydrogen-bond acceptors (Lipinski definition) is 4. The molecule has 1 aromatic heterocycles. The van der Waals surface area contributed by atoms with Gasteiger partial charge in [0.15, 0.2) is 5.58 Å². The molecule has 98 valence electrons. The van der Waals surface area contributed by atoms with Crippen LogP contribution in [-0.4, -0.2) is 25.8 Å². The Balaban J connectivity index is 2.18. The topological polar surface area (TPSA) is 81.3 Å². The van der Waals surface area contributed by atoms with Crippen LogP contribution in [0.3, 0.4) is 0 Å². The van der Waals surface area contributed by atoms with Crippen LogP contribution >= 0.6 is 0 Å². The molecule has 18 heavy (non-hydrogen) atoms. The molecular weight excluding hydrogens is 256 g/mol. The van der Waals surface area contributed by atoms with Gasteiger partial charge in [0.05, 0.1) is 11.8 Å². The normalized spacial score (nSPS) is 12.1. The van der Waals surface area contributed by atoms with E-state index in [0.717, 1.165) is 17.3 Å². The molecule has 0 fully saturated rings. The second kappa shape index (κ2) is 4.58. The first-order chi connectivity index (χ1) is 8.37. The number of nitrogens with zero attached hydrogens (tertiary/aromatic N) is 1. The van der Waals surface area contributed by atoms with Crippen LogP contribution in [0.4, 0.5) is 0 Å². The van der Waals surface area contributed by atoms with Crippen LogP contribution in [0.1, 0.15) is 5.56 Å². The summed E-state index contributed by atoms with van der Waals surface area (Å²) in [7, 11) is -1.53. The largest absolute Gasteiger partial charge is 0.419 e. The van der Waals surface area contributed by atoms with E-state index in [-0.39, 0.29) is 0 Å². The Hall–Kier alpha value is -1.60. The van der Waals surface area contributed by atoms with Crippen LogP contribution in [0, 0.1) is 0 Å². The minimum atomic E-state index is -3.17. The lowest BCUT2D eigenvalue weighted by molar-refractivity contribution is 0.528. The molecule has 2 rings (SSSR count). The van der Waals surface area contributed by atoms with Gasteiger partial charge in [-0.05, 0) is 24.1 Å². The summed E-state index contributed by atoms with van der Waals surface area (Å²) in [6.07, 6.45) is 1.66. The van der Waals surface area contributed by atoms with E-state index in [1.807, 2.05) is 6.07 Å². The quantitative estimate of drug-likeness (QED) is 0.862.